The van der Waals surface area contributed by atoms with Crippen molar-refractivity contribution in [2.24, 2.45) is 0 Å². The number of carbonyl (C=O) groups excluding carboxylic acids is 2. The van der Waals surface area contributed by atoms with E-state index in [0.717, 1.165) is 6.39 Å². The molecule has 0 saturated heterocycles. The highest BCUT2D eigenvalue weighted by molar-refractivity contribution is 6.32. The van der Waals surface area contributed by atoms with Crippen molar-refractivity contribution in [1.82, 2.24) is 14.9 Å². The number of alkyl halides is 2. The molecule has 0 bridgehead atoms. The van der Waals surface area contributed by atoms with Gasteiger partial charge in [0, 0.05) is 17.3 Å². The van der Waals surface area contributed by atoms with E-state index >= 15 is 0 Å². The molecule has 0 fully saturated rings. The Balaban J connectivity index is 1.53. The zero-order valence-corrected chi connectivity index (χ0v) is 17.5. The number of carbonyl (C=O) groups is 2. The second-order valence-corrected chi connectivity index (χ2v) is 7.42. The van der Waals surface area contributed by atoms with Gasteiger partial charge in [-0.15, -0.1) is 0 Å². The van der Waals surface area contributed by atoms with Gasteiger partial charge in [0.15, 0.2) is 12.1 Å². The summed E-state index contributed by atoms with van der Waals surface area (Å²) in [6.07, 6.45) is 1.17. The maximum absolute atomic E-state index is 13.0. The summed E-state index contributed by atoms with van der Waals surface area (Å²) < 4.78 is 34.6. The number of benzene rings is 1. The van der Waals surface area contributed by atoms with Gasteiger partial charge in [-0.2, -0.15) is 0 Å². The van der Waals surface area contributed by atoms with Crippen LogP contribution in [0.3, 0.4) is 0 Å². The molecule has 1 aromatic carbocycles. The molecule has 0 aliphatic carbocycles. The Labute approximate surface area is 186 Å². The lowest BCUT2D eigenvalue weighted by Gasteiger charge is -2.25. The van der Waals surface area contributed by atoms with Crippen LogP contribution in [0.5, 0.6) is 5.75 Å². The summed E-state index contributed by atoms with van der Waals surface area (Å²) in [5.74, 6) is -0.348. The topological polar surface area (TPSA) is 97.6 Å². The number of nitrogens with zero attached hydrogens (tertiary/aromatic N) is 3. The Morgan fingerprint density at radius 2 is 2.16 bits per heavy atom. The van der Waals surface area contributed by atoms with Crippen LogP contribution in [0, 0.1) is 0 Å². The fraction of sp³-hybridized carbons (Fsp3) is 0.238. The number of fused-ring (bicyclic) bond motifs is 1. The van der Waals surface area contributed by atoms with Gasteiger partial charge in [0.2, 0.25) is 0 Å². The van der Waals surface area contributed by atoms with E-state index in [9.17, 15) is 18.4 Å². The molecule has 1 N–H and O–H groups in total. The minimum atomic E-state index is -2.61. The average Bonchev–Trinajstić information content (AvgIpc) is 3.42. The van der Waals surface area contributed by atoms with Gasteiger partial charge in [-0.1, -0.05) is 17.7 Å². The Hall–Kier alpha value is -3.53. The molecule has 0 saturated carbocycles. The number of hydrogen-bond donors (Lipinski definition) is 1. The van der Waals surface area contributed by atoms with Gasteiger partial charge in [0.25, 0.3) is 18.2 Å². The number of hydrogen-bond acceptors (Lipinski definition) is 6. The SMILES string of the molecule is CC(c1ccc(OCC(F)F)c(Cl)c1)N1Cc2c(ccnc2NC(=O)c2cocn2)C1=O. The van der Waals surface area contributed by atoms with Gasteiger partial charge in [-0.05, 0) is 30.7 Å². The van der Waals surface area contributed by atoms with Crippen LogP contribution in [-0.2, 0) is 6.54 Å². The van der Waals surface area contributed by atoms with E-state index in [4.69, 9.17) is 20.8 Å². The van der Waals surface area contributed by atoms with Crippen LogP contribution in [0.4, 0.5) is 14.6 Å². The number of aromatic nitrogens is 2. The van der Waals surface area contributed by atoms with Crippen molar-refractivity contribution in [1.29, 1.82) is 0 Å². The third-order valence-corrected chi connectivity index (χ3v) is 5.34. The molecule has 1 aliphatic heterocycles. The monoisotopic (exact) mass is 462 g/mol. The third-order valence-electron chi connectivity index (χ3n) is 5.04. The molecule has 0 radical (unpaired) electrons. The summed E-state index contributed by atoms with van der Waals surface area (Å²) in [6, 6.07) is 5.93. The number of pyridine rings is 1. The van der Waals surface area contributed by atoms with Crippen LogP contribution in [0.25, 0.3) is 0 Å². The number of amides is 2. The van der Waals surface area contributed by atoms with E-state index in [2.05, 4.69) is 15.3 Å². The van der Waals surface area contributed by atoms with E-state index in [1.807, 2.05) is 6.92 Å². The lowest BCUT2D eigenvalue weighted by molar-refractivity contribution is 0.0715. The first kappa shape index (κ1) is 21.7. The summed E-state index contributed by atoms with van der Waals surface area (Å²) in [7, 11) is 0. The Kier molecular flexibility index (Phi) is 6.04. The first-order valence-electron chi connectivity index (χ1n) is 9.54. The molecule has 1 atom stereocenters. The molecule has 1 unspecified atom stereocenters. The van der Waals surface area contributed by atoms with E-state index < -0.39 is 25.0 Å². The van der Waals surface area contributed by atoms with Crippen LogP contribution in [0.2, 0.25) is 5.02 Å². The van der Waals surface area contributed by atoms with Crippen LogP contribution in [0.1, 0.15) is 44.9 Å². The highest BCUT2D eigenvalue weighted by Crippen LogP contribution is 2.36. The molecule has 3 aromatic rings. The molecule has 2 aromatic heterocycles. The van der Waals surface area contributed by atoms with Crippen LogP contribution in [-0.4, -0.2) is 39.7 Å². The number of rotatable bonds is 7. The molecule has 2 amide bonds. The van der Waals surface area contributed by atoms with E-state index in [-0.39, 0.29) is 34.7 Å². The zero-order valence-electron chi connectivity index (χ0n) is 16.7. The smallest absolute Gasteiger partial charge is 0.278 e. The van der Waals surface area contributed by atoms with Gasteiger partial charge < -0.3 is 19.4 Å². The van der Waals surface area contributed by atoms with Crippen molar-refractivity contribution >= 4 is 29.2 Å². The highest BCUT2D eigenvalue weighted by Gasteiger charge is 2.34. The standard InChI is InChI=1S/C21H17ClF2N4O4/c1-11(12-2-3-17(15(22)6-12)32-9-18(23)24)28-7-14-13(21(28)30)4-5-25-19(14)27-20(29)16-8-31-10-26-16/h2-6,8,10-11,18H,7,9H2,1H3,(H,25,27,29). The Bertz CT molecular complexity index is 1160. The Morgan fingerprint density at radius 3 is 2.84 bits per heavy atom. The summed E-state index contributed by atoms with van der Waals surface area (Å²) >= 11 is 6.18. The third kappa shape index (κ3) is 4.26. The maximum atomic E-state index is 13.0. The lowest BCUT2D eigenvalue weighted by Crippen LogP contribution is -2.27. The first-order valence-corrected chi connectivity index (χ1v) is 9.91. The highest BCUT2D eigenvalue weighted by atomic mass is 35.5. The molecule has 11 heteroatoms. The second-order valence-electron chi connectivity index (χ2n) is 7.01. The van der Waals surface area contributed by atoms with Crippen molar-refractivity contribution in [3.63, 3.8) is 0 Å². The minimum absolute atomic E-state index is 0.0859. The molecule has 32 heavy (non-hydrogen) atoms. The maximum Gasteiger partial charge on any atom is 0.278 e. The fourth-order valence-corrected chi connectivity index (χ4v) is 3.64. The molecule has 8 nitrogen and oxygen atoms in total. The zero-order chi connectivity index (χ0) is 22.8. The second kappa shape index (κ2) is 8.91. The van der Waals surface area contributed by atoms with Crippen molar-refractivity contribution < 1.29 is 27.5 Å². The van der Waals surface area contributed by atoms with Crippen LogP contribution < -0.4 is 10.1 Å². The van der Waals surface area contributed by atoms with Gasteiger partial charge in [-0.25, -0.2) is 18.7 Å². The molecular formula is C21H17ClF2N4O4. The van der Waals surface area contributed by atoms with E-state index in [0.29, 0.717) is 16.7 Å². The van der Waals surface area contributed by atoms with Crippen molar-refractivity contribution in [3.8, 4) is 5.75 Å². The Morgan fingerprint density at radius 1 is 1.34 bits per heavy atom. The van der Waals surface area contributed by atoms with Gasteiger partial charge in [0.1, 0.15) is 24.4 Å². The lowest BCUT2D eigenvalue weighted by atomic mass is 10.1. The summed E-state index contributed by atoms with van der Waals surface area (Å²) in [6.45, 7) is 1.26. The van der Waals surface area contributed by atoms with Gasteiger partial charge in [-0.3, -0.25) is 9.59 Å². The van der Waals surface area contributed by atoms with E-state index in [1.54, 1.807) is 23.1 Å². The largest absolute Gasteiger partial charge is 0.486 e. The van der Waals surface area contributed by atoms with Gasteiger partial charge >= 0.3 is 0 Å². The van der Waals surface area contributed by atoms with E-state index in [1.165, 1.54) is 18.5 Å². The number of ether oxygens (including phenoxy) is 1. The van der Waals surface area contributed by atoms with Crippen molar-refractivity contribution in [2.45, 2.75) is 25.9 Å². The number of oxazole rings is 1. The molecule has 3 heterocycles. The number of anilines is 1. The average molecular weight is 463 g/mol. The molecule has 1 aliphatic rings. The van der Waals surface area contributed by atoms with Crippen LogP contribution in [0.15, 0.2) is 47.5 Å². The van der Waals surface area contributed by atoms with Crippen LogP contribution >= 0.6 is 11.6 Å². The quantitative estimate of drug-likeness (QED) is 0.561. The molecule has 0 spiro atoms. The minimum Gasteiger partial charge on any atom is -0.486 e. The number of halogens is 3. The predicted octanol–water partition coefficient (Wildman–Crippen LogP) is 4.34. The summed E-state index contributed by atoms with van der Waals surface area (Å²) in [5, 5.41) is 2.82. The summed E-state index contributed by atoms with van der Waals surface area (Å²) in [4.78, 5) is 34.9. The normalized spacial score (nSPS) is 13.9. The molecular weight excluding hydrogens is 446 g/mol. The number of nitrogens with one attached hydrogen (secondary N) is 1. The first-order chi connectivity index (χ1) is 15.3. The predicted molar refractivity (Wildman–Crippen MR) is 110 cm³/mol. The molecule has 166 valence electrons. The summed E-state index contributed by atoms with van der Waals surface area (Å²) in [5.41, 5.74) is 1.78. The fourth-order valence-electron chi connectivity index (χ4n) is 3.39. The molecule has 4 rings (SSSR count). The van der Waals surface area contributed by atoms with Crippen molar-refractivity contribution in [3.05, 3.63) is 70.5 Å². The van der Waals surface area contributed by atoms with Gasteiger partial charge in [0.05, 0.1) is 17.6 Å². The van der Waals surface area contributed by atoms with Crippen molar-refractivity contribution in [2.75, 3.05) is 11.9 Å².